The van der Waals surface area contributed by atoms with E-state index in [9.17, 15) is 17.6 Å². The van der Waals surface area contributed by atoms with Gasteiger partial charge in [0.1, 0.15) is 11.5 Å². The number of sulfonamides is 1. The lowest BCUT2D eigenvalue weighted by molar-refractivity contribution is -0.118. The number of carbonyl (C=O) groups excluding carboxylic acids is 1. The molecule has 8 nitrogen and oxygen atoms in total. The van der Waals surface area contributed by atoms with E-state index in [0.717, 1.165) is 39.2 Å². The second kappa shape index (κ2) is 11.6. The smallest absolute Gasteiger partial charge is 0.211 e. The van der Waals surface area contributed by atoms with Crippen LogP contribution in [0.3, 0.4) is 0 Å². The van der Waals surface area contributed by atoms with Crippen molar-refractivity contribution in [2.45, 2.75) is 32.2 Å². The highest BCUT2D eigenvalue weighted by Gasteiger charge is 2.25. The summed E-state index contributed by atoms with van der Waals surface area (Å²) >= 11 is 1.48. The van der Waals surface area contributed by atoms with E-state index >= 15 is 0 Å². The van der Waals surface area contributed by atoms with Crippen LogP contribution in [0.1, 0.15) is 30.4 Å². The van der Waals surface area contributed by atoms with Crippen LogP contribution in [0.2, 0.25) is 0 Å². The van der Waals surface area contributed by atoms with Crippen LogP contribution in [0.4, 0.5) is 4.39 Å². The fraction of sp³-hybridized carbons (Fsp3) is 0.367. The number of nitrogens with zero attached hydrogens (tertiary/aromatic N) is 4. The minimum atomic E-state index is -3.15. The molecule has 0 radical (unpaired) electrons. The highest BCUT2D eigenvalue weighted by Crippen LogP contribution is 2.39. The van der Waals surface area contributed by atoms with E-state index in [0.29, 0.717) is 56.4 Å². The molecular formula is C30H31FN4O4S2. The molecule has 2 aliphatic rings. The number of benzene rings is 1. The lowest BCUT2D eigenvalue weighted by Gasteiger charge is -2.33. The lowest BCUT2D eigenvalue weighted by Crippen LogP contribution is -2.47. The number of thiophene rings is 1. The van der Waals surface area contributed by atoms with Crippen molar-refractivity contribution in [2.75, 3.05) is 32.4 Å². The summed E-state index contributed by atoms with van der Waals surface area (Å²) in [5.41, 5.74) is 3.25. The first-order valence-corrected chi connectivity index (χ1v) is 16.4. The molecule has 1 aromatic carbocycles. The Bertz CT molecular complexity index is 1680. The second-order valence-corrected chi connectivity index (χ2v) is 13.9. The predicted octanol–water partition coefficient (Wildman–Crippen LogP) is 5.28. The van der Waals surface area contributed by atoms with Gasteiger partial charge in [-0.05, 0) is 54.2 Å². The van der Waals surface area contributed by atoms with Crippen LogP contribution in [0.5, 0.6) is 11.5 Å². The number of aromatic nitrogens is 2. The molecule has 1 aliphatic carbocycles. The van der Waals surface area contributed by atoms with Crippen molar-refractivity contribution in [2.24, 2.45) is 5.92 Å². The summed E-state index contributed by atoms with van der Waals surface area (Å²) in [6.45, 7) is 3.06. The Labute approximate surface area is 242 Å². The summed E-state index contributed by atoms with van der Waals surface area (Å²) < 4.78 is 46.7. The maximum atomic E-state index is 14.9. The molecule has 3 aromatic heterocycles. The zero-order chi connectivity index (χ0) is 28.6. The number of Topliss-reactive ketones (excluding diaryl/α,β-unsaturated/α-hetero) is 1. The van der Waals surface area contributed by atoms with Gasteiger partial charge in [-0.2, -0.15) is 4.31 Å². The number of hydrogen-bond donors (Lipinski definition) is 0. The maximum absolute atomic E-state index is 14.9. The second-order valence-electron chi connectivity index (χ2n) is 10.9. The largest absolute Gasteiger partial charge is 0.453 e. The molecule has 214 valence electrons. The van der Waals surface area contributed by atoms with E-state index in [4.69, 9.17) is 4.74 Å². The van der Waals surface area contributed by atoms with Crippen LogP contribution in [0.25, 0.3) is 20.8 Å². The van der Waals surface area contributed by atoms with Gasteiger partial charge in [0.2, 0.25) is 10.0 Å². The van der Waals surface area contributed by atoms with Gasteiger partial charge in [0, 0.05) is 64.0 Å². The summed E-state index contributed by atoms with van der Waals surface area (Å²) in [6.07, 6.45) is 7.79. The number of fused-ring (bicyclic) bond motifs is 1. The molecule has 2 fully saturated rings. The van der Waals surface area contributed by atoms with E-state index in [1.807, 2.05) is 24.4 Å². The van der Waals surface area contributed by atoms with Crippen LogP contribution in [0, 0.1) is 11.7 Å². The molecule has 4 heterocycles. The first kappa shape index (κ1) is 27.9. The molecule has 0 unspecified atom stereocenters. The highest BCUT2D eigenvalue weighted by molar-refractivity contribution is 7.88. The molecule has 6 rings (SSSR count). The summed E-state index contributed by atoms with van der Waals surface area (Å²) in [4.78, 5) is 24.5. The van der Waals surface area contributed by atoms with Crippen LogP contribution in [-0.4, -0.2) is 65.8 Å². The topological polar surface area (TPSA) is 92.7 Å². The predicted molar refractivity (Wildman–Crippen MR) is 157 cm³/mol. The van der Waals surface area contributed by atoms with Crippen molar-refractivity contribution < 1.29 is 22.3 Å². The Hall–Kier alpha value is -3.25. The van der Waals surface area contributed by atoms with Crippen molar-refractivity contribution in [3.05, 3.63) is 71.8 Å². The number of pyridine rings is 2. The molecule has 0 spiro atoms. The number of piperazine rings is 1. The first-order valence-electron chi connectivity index (χ1n) is 13.7. The van der Waals surface area contributed by atoms with Gasteiger partial charge in [0.15, 0.2) is 11.6 Å². The minimum Gasteiger partial charge on any atom is -0.453 e. The highest BCUT2D eigenvalue weighted by atomic mass is 32.2. The Kier molecular flexibility index (Phi) is 7.86. The molecule has 41 heavy (non-hydrogen) atoms. The fourth-order valence-electron chi connectivity index (χ4n) is 5.06. The van der Waals surface area contributed by atoms with E-state index in [1.165, 1.54) is 28.0 Å². The molecule has 0 bridgehead atoms. The number of hydrogen-bond acceptors (Lipinski definition) is 8. The average molecular weight is 595 g/mol. The molecule has 4 aromatic rings. The zero-order valence-electron chi connectivity index (χ0n) is 22.8. The van der Waals surface area contributed by atoms with Gasteiger partial charge in [0.25, 0.3) is 0 Å². The molecule has 0 N–H and O–H groups in total. The van der Waals surface area contributed by atoms with Crippen LogP contribution in [0.15, 0.2) is 54.9 Å². The number of ether oxygens (including phenoxy) is 1. The van der Waals surface area contributed by atoms with E-state index in [-0.39, 0.29) is 18.0 Å². The van der Waals surface area contributed by atoms with Crippen molar-refractivity contribution in [3.63, 3.8) is 0 Å². The molecule has 11 heteroatoms. The summed E-state index contributed by atoms with van der Waals surface area (Å²) in [5, 5.41) is 0. The van der Waals surface area contributed by atoms with Gasteiger partial charge in [-0.3, -0.25) is 19.7 Å². The third-order valence-corrected chi connectivity index (χ3v) is 9.95. The number of ketones is 1. The Morgan fingerprint density at radius 1 is 1.02 bits per heavy atom. The van der Waals surface area contributed by atoms with Crippen LogP contribution < -0.4 is 4.74 Å². The SMILES string of the molecule is CS(=O)(=O)N1CCN(Cc2ccc(-c3cc4nccc(Oc5ccc(CC(=O)CC6CC6)cc5F)c4s3)nc2)CC1. The van der Waals surface area contributed by atoms with Crippen molar-refractivity contribution in [3.8, 4) is 22.1 Å². The third kappa shape index (κ3) is 6.81. The first-order chi connectivity index (χ1) is 19.7. The zero-order valence-corrected chi connectivity index (χ0v) is 24.4. The van der Waals surface area contributed by atoms with Gasteiger partial charge < -0.3 is 4.74 Å². The Morgan fingerprint density at radius 3 is 2.49 bits per heavy atom. The van der Waals surface area contributed by atoms with E-state index in [2.05, 4.69) is 14.9 Å². The van der Waals surface area contributed by atoms with Crippen molar-refractivity contribution in [1.82, 2.24) is 19.2 Å². The van der Waals surface area contributed by atoms with E-state index in [1.54, 1.807) is 24.4 Å². The molecule has 0 atom stereocenters. The monoisotopic (exact) mass is 594 g/mol. The van der Waals surface area contributed by atoms with Crippen LogP contribution in [-0.2, 0) is 27.8 Å². The summed E-state index contributed by atoms with van der Waals surface area (Å²) in [6, 6.07) is 12.4. The van der Waals surface area contributed by atoms with Gasteiger partial charge >= 0.3 is 0 Å². The van der Waals surface area contributed by atoms with E-state index < -0.39 is 15.8 Å². The number of carbonyl (C=O) groups is 1. The summed E-state index contributed by atoms with van der Waals surface area (Å²) in [5.74, 6) is 0.776. The van der Waals surface area contributed by atoms with Crippen molar-refractivity contribution in [1.29, 1.82) is 0 Å². The third-order valence-electron chi connectivity index (χ3n) is 7.49. The lowest BCUT2D eigenvalue weighted by atomic mass is 10.0. The van der Waals surface area contributed by atoms with Crippen molar-refractivity contribution >= 4 is 37.4 Å². The van der Waals surface area contributed by atoms with Gasteiger partial charge in [-0.25, -0.2) is 12.8 Å². The standard InChI is InChI=1S/C30H31FN4O4S2/c1-41(37,38)35-12-10-34(11-13-35)19-22-4-6-25(33-18-22)29-17-26-30(40-29)28(8-9-32-26)39-27-7-5-21(16-24(27)31)15-23(36)14-20-2-3-20/h4-9,16-18,20H,2-3,10-15,19H2,1H3. The number of halogens is 1. The molecular weight excluding hydrogens is 563 g/mol. The molecule has 1 saturated carbocycles. The average Bonchev–Trinajstić information content (AvgIpc) is 3.64. The molecule has 1 saturated heterocycles. The van der Waals surface area contributed by atoms with Gasteiger partial charge in [0.05, 0.1) is 27.0 Å². The van der Waals surface area contributed by atoms with Gasteiger partial charge in [-0.15, -0.1) is 11.3 Å². The Balaban J connectivity index is 1.12. The Morgan fingerprint density at radius 2 is 1.80 bits per heavy atom. The molecule has 1 aliphatic heterocycles. The fourth-order valence-corrected chi connectivity index (χ4v) is 6.93. The summed E-state index contributed by atoms with van der Waals surface area (Å²) in [7, 11) is -3.15. The molecule has 0 amide bonds. The quantitative estimate of drug-likeness (QED) is 0.247. The minimum absolute atomic E-state index is 0.102. The number of rotatable bonds is 10. The van der Waals surface area contributed by atoms with Gasteiger partial charge in [-0.1, -0.05) is 12.1 Å². The maximum Gasteiger partial charge on any atom is 0.211 e. The normalized spacial score (nSPS) is 16.7. The van der Waals surface area contributed by atoms with Crippen LogP contribution >= 0.6 is 11.3 Å².